The van der Waals surface area contributed by atoms with E-state index in [0.717, 1.165) is 5.56 Å². The minimum absolute atomic E-state index is 0.344. The summed E-state index contributed by atoms with van der Waals surface area (Å²) in [5.41, 5.74) is 6.36. The van der Waals surface area contributed by atoms with Crippen LogP contribution in [0.2, 0.25) is 0 Å². The summed E-state index contributed by atoms with van der Waals surface area (Å²) >= 11 is 0. The lowest BCUT2D eigenvalue weighted by molar-refractivity contribution is 0.145. The third-order valence-corrected chi connectivity index (χ3v) is 6.02. The Labute approximate surface area is 108 Å². The van der Waals surface area contributed by atoms with E-state index in [9.17, 15) is 8.42 Å². The molecule has 1 aromatic rings. The highest BCUT2D eigenvalue weighted by molar-refractivity contribution is 7.92. The monoisotopic (exact) mass is 269 g/mol. The lowest BCUT2D eigenvalue weighted by atomic mass is 10.1. The van der Waals surface area contributed by atoms with Gasteiger partial charge in [0.15, 0.2) is 9.84 Å². The highest BCUT2D eigenvalue weighted by Gasteiger charge is 2.60. The predicted molar refractivity (Wildman–Crippen MR) is 70.1 cm³/mol. The number of methoxy groups -OCH3 is 1. The van der Waals surface area contributed by atoms with E-state index in [1.54, 1.807) is 19.2 Å². The van der Waals surface area contributed by atoms with Gasteiger partial charge in [-0.2, -0.15) is 0 Å². The van der Waals surface area contributed by atoms with E-state index in [4.69, 9.17) is 10.5 Å². The fraction of sp³-hybridized carbons (Fsp3) is 0.538. The quantitative estimate of drug-likeness (QED) is 0.870. The van der Waals surface area contributed by atoms with Crippen LogP contribution < -0.4 is 5.73 Å². The number of aryl methyl sites for hydroxylation is 1. The highest BCUT2D eigenvalue weighted by Crippen LogP contribution is 2.51. The third kappa shape index (κ3) is 2.18. The van der Waals surface area contributed by atoms with Crippen LogP contribution in [0, 0.1) is 12.3 Å². The molecule has 2 rings (SSSR count). The van der Waals surface area contributed by atoms with Crippen LogP contribution in [-0.4, -0.2) is 33.9 Å². The van der Waals surface area contributed by atoms with Crippen molar-refractivity contribution in [3.8, 4) is 0 Å². The van der Waals surface area contributed by atoms with Crippen LogP contribution in [0.1, 0.15) is 12.0 Å². The molecule has 1 fully saturated rings. The summed E-state index contributed by atoms with van der Waals surface area (Å²) in [5.74, 6) is 0. The zero-order valence-electron chi connectivity index (χ0n) is 10.7. The van der Waals surface area contributed by atoms with Gasteiger partial charge >= 0.3 is 0 Å². The van der Waals surface area contributed by atoms with Gasteiger partial charge in [0.1, 0.15) is 0 Å². The molecule has 0 aromatic heterocycles. The number of ether oxygens (including phenoxy) is 1. The Morgan fingerprint density at radius 2 is 2.00 bits per heavy atom. The standard InChI is InChI=1S/C13H19NO3S/c1-10-3-5-11(6-4-10)18(15,16)12-7-13(12,8-14)9-17-2/h3-6,12H,7-9,14H2,1-2H3/t12-,13+/m1/s1. The molecule has 1 aliphatic rings. The van der Waals surface area contributed by atoms with Crippen molar-refractivity contribution in [2.24, 2.45) is 11.1 Å². The molecule has 5 heteroatoms. The molecular formula is C13H19NO3S. The Morgan fingerprint density at radius 3 is 2.50 bits per heavy atom. The van der Waals surface area contributed by atoms with Gasteiger partial charge in [-0.3, -0.25) is 0 Å². The summed E-state index contributed by atoms with van der Waals surface area (Å²) in [4.78, 5) is 0.379. The smallest absolute Gasteiger partial charge is 0.181 e. The zero-order chi connectivity index (χ0) is 13.4. The van der Waals surface area contributed by atoms with Crippen molar-refractivity contribution in [1.29, 1.82) is 0 Å². The summed E-state index contributed by atoms with van der Waals surface area (Å²) in [6, 6.07) is 6.96. The number of benzene rings is 1. The maximum atomic E-state index is 12.4. The molecule has 0 unspecified atom stereocenters. The largest absolute Gasteiger partial charge is 0.384 e. The normalized spacial score (nSPS) is 27.2. The van der Waals surface area contributed by atoms with Crippen LogP contribution in [-0.2, 0) is 14.6 Å². The fourth-order valence-electron chi connectivity index (χ4n) is 2.35. The van der Waals surface area contributed by atoms with Gasteiger partial charge in [-0.1, -0.05) is 17.7 Å². The number of rotatable bonds is 5. The van der Waals surface area contributed by atoms with Gasteiger partial charge in [0.25, 0.3) is 0 Å². The van der Waals surface area contributed by atoms with Gasteiger partial charge < -0.3 is 10.5 Å². The Kier molecular flexibility index (Phi) is 3.49. The average molecular weight is 269 g/mol. The second-order valence-electron chi connectivity index (χ2n) is 5.05. The summed E-state index contributed by atoms with van der Waals surface area (Å²) in [7, 11) is -1.71. The first-order valence-electron chi connectivity index (χ1n) is 5.96. The summed E-state index contributed by atoms with van der Waals surface area (Å²) in [6.07, 6.45) is 0.591. The second kappa shape index (κ2) is 4.64. The van der Waals surface area contributed by atoms with Crippen LogP contribution in [0.4, 0.5) is 0 Å². The highest BCUT2D eigenvalue weighted by atomic mass is 32.2. The lowest BCUT2D eigenvalue weighted by Crippen LogP contribution is -2.28. The van der Waals surface area contributed by atoms with E-state index in [2.05, 4.69) is 0 Å². The lowest BCUT2D eigenvalue weighted by Gasteiger charge is -2.14. The van der Waals surface area contributed by atoms with Crippen LogP contribution in [0.5, 0.6) is 0 Å². The van der Waals surface area contributed by atoms with Crippen molar-refractivity contribution in [1.82, 2.24) is 0 Å². The Morgan fingerprint density at radius 1 is 1.39 bits per heavy atom. The third-order valence-electron chi connectivity index (χ3n) is 3.68. The first kappa shape index (κ1) is 13.5. The zero-order valence-corrected chi connectivity index (χ0v) is 11.5. The molecule has 4 nitrogen and oxygen atoms in total. The van der Waals surface area contributed by atoms with Crippen molar-refractivity contribution in [3.63, 3.8) is 0 Å². The Bertz CT molecular complexity index is 524. The minimum atomic E-state index is -3.28. The maximum Gasteiger partial charge on any atom is 0.181 e. The molecule has 18 heavy (non-hydrogen) atoms. The van der Waals surface area contributed by atoms with Gasteiger partial charge in [-0.25, -0.2) is 8.42 Å². The molecule has 0 aliphatic heterocycles. The van der Waals surface area contributed by atoms with Gasteiger partial charge in [0.2, 0.25) is 0 Å². The van der Waals surface area contributed by atoms with Crippen LogP contribution in [0.25, 0.3) is 0 Å². The second-order valence-corrected chi connectivity index (χ2v) is 7.18. The van der Waals surface area contributed by atoms with Gasteiger partial charge in [0, 0.05) is 19.1 Å². The van der Waals surface area contributed by atoms with Crippen molar-refractivity contribution in [2.45, 2.75) is 23.5 Å². The van der Waals surface area contributed by atoms with Crippen LogP contribution in [0.3, 0.4) is 0 Å². The Hall–Kier alpha value is -0.910. The molecule has 0 amide bonds. The van der Waals surface area contributed by atoms with E-state index < -0.39 is 20.5 Å². The topological polar surface area (TPSA) is 69.4 Å². The maximum absolute atomic E-state index is 12.4. The van der Waals surface area contributed by atoms with Crippen molar-refractivity contribution in [3.05, 3.63) is 29.8 Å². The average Bonchev–Trinajstić information content (AvgIpc) is 3.06. The molecule has 1 saturated carbocycles. The molecule has 0 radical (unpaired) electrons. The van der Waals surface area contributed by atoms with E-state index in [0.29, 0.717) is 24.5 Å². The van der Waals surface area contributed by atoms with Gasteiger partial charge in [-0.15, -0.1) is 0 Å². The van der Waals surface area contributed by atoms with Crippen LogP contribution in [0.15, 0.2) is 29.2 Å². The Balaban J connectivity index is 2.26. The molecule has 100 valence electrons. The predicted octanol–water partition coefficient (Wildman–Crippen LogP) is 1.13. The molecule has 1 aliphatic carbocycles. The number of nitrogens with two attached hydrogens (primary N) is 1. The summed E-state index contributed by atoms with van der Waals surface area (Å²) < 4.78 is 30.0. The first-order valence-corrected chi connectivity index (χ1v) is 7.50. The van der Waals surface area contributed by atoms with E-state index in [1.807, 2.05) is 19.1 Å². The molecule has 0 heterocycles. The number of hydrogen-bond acceptors (Lipinski definition) is 4. The first-order chi connectivity index (χ1) is 8.46. The van der Waals surface area contributed by atoms with Crippen LogP contribution >= 0.6 is 0 Å². The van der Waals surface area contributed by atoms with Crippen molar-refractivity contribution < 1.29 is 13.2 Å². The molecule has 1 aromatic carbocycles. The molecule has 2 N–H and O–H groups in total. The summed E-state index contributed by atoms with van der Waals surface area (Å²) in [6.45, 7) is 2.68. The molecule has 2 atom stereocenters. The van der Waals surface area contributed by atoms with Gasteiger partial charge in [-0.05, 0) is 25.5 Å². The molecule has 0 saturated heterocycles. The molecule has 0 spiro atoms. The number of hydrogen-bond donors (Lipinski definition) is 1. The number of sulfone groups is 1. The summed E-state index contributed by atoms with van der Waals surface area (Å²) in [5, 5.41) is -0.405. The SMILES string of the molecule is COC[C@@]1(CN)C[C@H]1S(=O)(=O)c1ccc(C)cc1. The van der Waals surface area contributed by atoms with Gasteiger partial charge in [0.05, 0.1) is 16.8 Å². The van der Waals surface area contributed by atoms with Crippen molar-refractivity contribution >= 4 is 9.84 Å². The van der Waals surface area contributed by atoms with E-state index >= 15 is 0 Å². The molecule has 0 bridgehead atoms. The van der Waals surface area contributed by atoms with Crippen molar-refractivity contribution in [2.75, 3.05) is 20.3 Å². The fourth-order valence-corrected chi connectivity index (χ4v) is 4.57. The minimum Gasteiger partial charge on any atom is -0.384 e. The van der Waals surface area contributed by atoms with E-state index in [-0.39, 0.29) is 0 Å². The molecular weight excluding hydrogens is 250 g/mol. The van der Waals surface area contributed by atoms with E-state index in [1.165, 1.54) is 0 Å².